The van der Waals surface area contributed by atoms with Crippen LogP contribution in [0.1, 0.15) is 11.7 Å². The maximum atomic E-state index is 3.65. The lowest BCUT2D eigenvalue weighted by Gasteiger charge is -2.27. The van der Waals surface area contributed by atoms with Crippen molar-refractivity contribution >= 4 is 29.8 Å². The summed E-state index contributed by atoms with van der Waals surface area (Å²) in [5.41, 5.74) is 6.09. The molecule has 1 heterocycles. The lowest BCUT2D eigenvalue weighted by Crippen LogP contribution is -2.24. The molecule has 1 aliphatic heterocycles. The summed E-state index contributed by atoms with van der Waals surface area (Å²) in [6.45, 7) is 2.06. The van der Waals surface area contributed by atoms with Crippen molar-refractivity contribution in [2.75, 3.05) is 10.2 Å². The molecule has 0 aromatic heterocycles. The highest BCUT2D eigenvalue weighted by Gasteiger charge is 2.30. The molecule has 0 spiro atoms. The van der Waals surface area contributed by atoms with Crippen LogP contribution in [0.3, 0.4) is 0 Å². The Labute approximate surface area is 138 Å². The van der Waals surface area contributed by atoms with Gasteiger partial charge in [0.25, 0.3) is 0 Å². The van der Waals surface area contributed by atoms with E-state index in [0.29, 0.717) is 0 Å². The van der Waals surface area contributed by atoms with Crippen LogP contribution in [0, 0.1) is 0 Å². The molecule has 0 amide bonds. The number of nitrogens with zero attached hydrogens (tertiary/aromatic N) is 1. The standard InChI is InChI=1S/C20H18BN2/c1-21-16-13-11-15(12-14-16)20-22-18-9-5-6-10-19(18)23(20)17-7-3-2-4-8-17/h2-14,20,22H,1H3. The minimum absolute atomic E-state index is 0.112. The van der Waals surface area contributed by atoms with Gasteiger partial charge in [0.2, 0.25) is 0 Å². The third-order valence-electron chi connectivity index (χ3n) is 4.33. The molecule has 0 fully saturated rings. The van der Waals surface area contributed by atoms with Crippen LogP contribution in [0.15, 0.2) is 78.9 Å². The molecule has 3 aromatic carbocycles. The smallest absolute Gasteiger partial charge is 0.148 e. The van der Waals surface area contributed by atoms with Crippen LogP contribution in [0.2, 0.25) is 6.82 Å². The molecule has 1 N–H and O–H groups in total. The van der Waals surface area contributed by atoms with Crippen molar-refractivity contribution in [2.24, 2.45) is 0 Å². The fourth-order valence-corrected chi connectivity index (χ4v) is 3.14. The molecule has 3 heteroatoms. The van der Waals surface area contributed by atoms with Crippen LogP contribution in [0.4, 0.5) is 17.1 Å². The normalized spacial score (nSPS) is 15.9. The minimum atomic E-state index is 0.112. The van der Waals surface area contributed by atoms with Gasteiger partial charge in [0.1, 0.15) is 13.4 Å². The molecular weight excluding hydrogens is 279 g/mol. The van der Waals surface area contributed by atoms with Crippen molar-refractivity contribution in [1.29, 1.82) is 0 Å². The predicted molar refractivity (Wildman–Crippen MR) is 99.1 cm³/mol. The van der Waals surface area contributed by atoms with Gasteiger partial charge >= 0.3 is 0 Å². The maximum Gasteiger partial charge on any atom is 0.148 e. The van der Waals surface area contributed by atoms with Crippen molar-refractivity contribution in [3.8, 4) is 0 Å². The third-order valence-corrected chi connectivity index (χ3v) is 4.33. The van der Waals surface area contributed by atoms with E-state index in [0.717, 1.165) is 0 Å². The molecule has 0 bridgehead atoms. The van der Waals surface area contributed by atoms with Crippen molar-refractivity contribution < 1.29 is 0 Å². The van der Waals surface area contributed by atoms with Gasteiger partial charge in [0, 0.05) is 5.69 Å². The average Bonchev–Trinajstić information content (AvgIpc) is 3.02. The third kappa shape index (κ3) is 2.48. The summed E-state index contributed by atoms with van der Waals surface area (Å²) in [6.07, 6.45) is 0.112. The van der Waals surface area contributed by atoms with E-state index < -0.39 is 0 Å². The molecule has 1 radical (unpaired) electrons. The Balaban J connectivity index is 1.79. The lowest BCUT2D eigenvalue weighted by molar-refractivity contribution is 0.829. The Bertz CT molecular complexity index is 799. The molecule has 111 valence electrons. The molecule has 0 aliphatic carbocycles. The first-order valence-corrected chi connectivity index (χ1v) is 7.96. The van der Waals surface area contributed by atoms with Crippen LogP contribution in [0.5, 0.6) is 0 Å². The molecule has 0 saturated carbocycles. The Morgan fingerprint density at radius 2 is 1.52 bits per heavy atom. The van der Waals surface area contributed by atoms with E-state index in [-0.39, 0.29) is 6.17 Å². The number of hydrogen-bond acceptors (Lipinski definition) is 2. The van der Waals surface area contributed by atoms with E-state index >= 15 is 0 Å². The summed E-state index contributed by atoms with van der Waals surface area (Å²) in [5, 5.41) is 3.65. The highest BCUT2D eigenvalue weighted by molar-refractivity contribution is 6.51. The number of fused-ring (bicyclic) bond motifs is 1. The second-order valence-corrected chi connectivity index (χ2v) is 5.72. The number of para-hydroxylation sites is 3. The van der Waals surface area contributed by atoms with E-state index in [9.17, 15) is 0 Å². The first-order chi connectivity index (χ1) is 11.4. The summed E-state index contributed by atoms with van der Waals surface area (Å²) >= 11 is 0. The summed E-state index contributed by atoms with van der Waals surface area (Å²) in [6, 6.07) is 27.8. The number of nitrogens with one attached hydrogen (secondary N) is 1. The zero-order valence-electron chi connectivity index (χ0n) is 13.1. The summed E-state index contributed by atoms with van der Waals surface area (Å²) < 4.78 is 0. The van der Waals surface area contributed by atoms with Crippen LogP contribution in [-0.2, 0) is 0 Å². The molecule has 2 nitrogen and oxygen atoms in total. The van der Waals surface area contributed by atoms with Gasteiger partial charge in [-0.25, -0.2) is 0 Å². The zero-order valence-corrected chi connectivity index (χ0v) is 13.1. The van der Waals surface area contributed by atoms with Crippen LogP contribution < -0.4 is 15.7 Å². The first-order valence-electron chi connectivity index (χ1n) is 7.96. The van der Waals surface area contributed by atoms with Gasteiger partial charge in [-0.15, -0.1) is 0 Å². The van der Waals surface area contributed by atoms with E-state index in [2.05, 4.69) is 103 Å². The second kappa shape index (κ2) is 5.84. The van der Waals surface area contributed by atoms with E-state index in [4.69, 9.17) is 0 Å². The number of benzene rings is 3. The average molecular weight is 297 g/mol. The Hall–Kier alpha value is -2.68. The van der Waals surface area contributed by atoms with Gasteiger partial charge in [-0.05, 0) is 29.8 Å². The van der Waals surface area contributed by atoms with Gasteiger partial charge in [0.05, 0.1) is 11.4 Å². The largest absolute Gasteiger partial charge is 0.359 e. The van der Waals surface area contributed by atoms with Crippen molar-refractivity contribution in [3.05, 3.63) is 84.4 Å². The van der Waals surface area contributed by atoms with Gasteiger partial charge < -0.3 is 10.2 Å². The predicted octanol–water partition coefficient (Wildman–Crippen LogP) is 4.33. The molecular formula is C20H18BN2. The van der Waals surface area contributed by atoms with Crippen LogP contribution in [-0.4, -0.2) is 7.28 Å². The van der Waals surface area contributed by atoms with Crippen molar-refractivity contribution in [3.63, 3.8) is 0 Å². The van der Waals surface area contributed by atoms with Crippen molar-refractivity contribution in [2.45, 2.75) is 13.0 Å². The van der Waals surface area contributed by atoms with Gasteiger partial charge in [-0.1, -0.05) is 66.9 Å². The summed E-state index contributed by atoms with van der Waals surface area (Å²) in [5.74, 6) is 0. The number of hydrogen-bond donors (Lipinski definition) is 1. The molecule has 0 saturated heterocycles. The van der Waals surface area contributed by atoms with Gasteiger partial charge in [0.15, 0.2) is 0 Å². The SMILES string of the molecule is C[B]c1ccc(C2Nc3ccccc3N2c2ccccc2)cc1. The number of rotatable bonds is 3. The molecule has 23 heavy (non-hydrogen) atoms. The highest BCUT2D eigenvalue weighted by Crippen LogP contribution is 2.45. The minimum Gasteiger partial charge on any atom is -0.359 e. The molecule has 1 aliphatic rings. The molecule has 1 atom stereocenters. The van der Waals surface area contributed by atoms with Crippen LogP contribution >= 0.6 is 0 Å². The molecule has 4 rings (SSSR count). The quantitative estimate of drug-likeness (QED) is 0.724. The van der Waals surface area contributed by atoms with E-state index in [1.54, 1.807) is 0 Å². The molecule has 3 aromatic rings. The second-order valence-electron chi connectivity index (χ2n) is 5.72. The van der Waals surface area contributed by atoms with E-state index in [1.807, 2.05) is 0 Å². The topological polar surface area (TPSA) is 15.3 Å². The van der Waals surface area contributed by atoms with Gasteiger partial charge in [-0.2, -0.15) is 0 Å². The lowest BCUT2D eigenvalue weighted by atomic mass is 9.73. The zero-order chi connectivity index (χ0) is 15.6. The highest BCUT2D eigenvalue weighted by atomic mass is 15.3. The fraction of sp³-hybridized carbons (Fsp3) is 0.100. The van der Waals surface area contributed by atoms with Crippen LogP contribution in [0.25, 0.3) is 0 Å². The molecule has 1 unspecified atom stereocenters. The number of anilines is 3. The Kier molecular flexibility index (Phi) is 3.54. The maximum absolute atomic E-state index is 3.65. The monoisotopic (exact) mass is 297 g/mol. The fourth-order valence-electron chi connectivity index (χ4n) is 3.14. The van der Waals surface area contributed by atoms with E-state index in [1.165, 1.54) is 28.1 Å². The Morgan fingerprint density at radius 3 is 2.26 bits per heavy atom. The van der Waals surface area contributed by atoms with Gasteiger partial charge in [-0.3, -0.25) is 0 Å². The summed E-state index contributed by atoms with van der Waals surface area (Å²) in [4.78, 5) is 2.36. The summed E-state index contributed by atoms with van der Waals surface area (Å²) in [7, 11) is 2.12. The van der Waals surface area contributed by atoms with Crippen molar-refractivity contribution in [1.82, 2.24) is 0 Å². The Morgan fingerprint density at radius 1 is 0.826 bits per heavy atom. The first kappa shape index (κ1) is 14.0.